The molecule has 128 valence electrons. The first-order valence-corrected chi connectivity index (χ1v) is 7.90. The van der Waals surface area contributed by atoms with Crippen molar-refractivity contribution in [3.05, 3.63) is 70.3 Å². The number of hydrogen-bond acceptors (Lipinski definition) is 5. The van der Waals surface area contributed by atoms with Crippen LogP contribution in [0.2, 0.25) is 0 Å². The zero-order chi connectivity index (χ0) is 17.2. The molecule has 2 N–H and O–H groups in total. The van der Waals surface area contributed by atoms with Crippen molar-refractivity contribution in [2.75, 3.05) is 25.1 Å². The van der Waals surface area contributed by atoms with E-state index in [-0.39, 0.29) is 18.2 Å². The third-order valence-corrected chi connectivity index (χ3v) is 3.71. The lowest BCUT2D eigenvalue weighted by Crippen LogP contribution is -2.19. The van der Waals surface area contributed by atoms with Gasteiger partial charge in [0, 0.05) is 43.5 Å². The van der Waals surface area contributed by atoms with Crippen LogP contribution >= 0.6 is 0 Å². The van der Waals surface area contributed by atoms with Gasteiger partial charge in [0.2, 0.25) is 0 Å². The van der Waals surface area contributed by atoms with Crippen LogP contribution in [-0.2, 0) is 11.3 Å². The van der Waals surface area contributed by atoms with Crippen LogP contribution in [0.15, 0.2) is 54.6 Å². The molecule has 0 aliphatic heterocycles. The van der Waals surface area contributed by atoms with Crippen LogP contribution in [0.4, 0.5) is 11.4 Å². The van der Waals surface area contributed by atoms with E-state index < -0.39 is 4.92 Å². The molecule has 0 saturated heterocycles. The lowest BCUT2D eigenvalue weighted by atomic mass is 10.1. The second-order valence-electron chi connectivity index (χ2n) is 5.56. The molecule has 0 spiro atoms. The van der Waals surface area contributed by atoms with E-state index in [0.717, 1.165) is 17.7 Å². The maximum atomic E-state index is 10.6. The number of non-ortho nitro benzene ring substituents is 1. The fraction of sp³-hybridized carbons (Fsp3) is 0.333. The highest BCUT2D eigenvalue weighted by atomic mass is 16.6. The number of nitrogens with one attached hydrogen (secondary N) is 1. The molecule has 0 saturated carbocycles. The van der Waals surface area contributed by atoms with E-state index in [1.807, 2.05) is 30.3 Å². The van der Waals surface area contributed by atoms with Gasteiger partial charge in [-0.1, -0.05) is 30.3 Å². The molecule has 0 aromatic heterocycles. The summed E-state index contributed by atoms with van der Waals surface area (Å²) in [6, 6.07) is 16.2. The Hall–Kier alpha value is -2.44. The van der Waals surface area contributed by atoms with Gasteiger partial charge in [0.05, 0.1) is 11.5 Å². The summed E-state index contributed by atoms with van der Waals surface area (Å²) in [5, 5.41) is 23.2. The summed E-state index contributed by atoms with van der Waals surface area (Å²) >= 11 is 0. The van der Waals surface area contributed by atoms with Crippen LogP contribution in [0.1, 0.15) is 12.0 Å². The number of benzene rings is 2. The Morgan fingerprint density at radius 3 is 2.46 bits per heavy atom. The van der Waals surface area contributed by atoms with E-state index >= 15 is 0 Å². The number of ether oxygens (including phenoxy) is 1. The van der Waals surface area contributed by atoms with Gasteiger partial charge in [-0.15, -0.1) is 0 Å². The first-order chi connectivity index (χ1) is 11.7. The molecule has 0 unspecified atom stereocenters. The average molecular weight is 330 g/mol. The van der Waals surface area contributed by atoms with E-state index in [1.54, 1.807) is 12.1 Å². The van der Waals surface area contributed by atoms with Gasteiger partial charge >= 0.3 is 0 Å². The molecular formula is C18H22N2O4. The fourth-order valence-electron chi connectivity index (χ4n) is 2.24. The molecule has 0 radical (unpaired) electrons. The molecule has 1 atom stereocenters. The molecule has 0 bridgehead atoms. The van der Waals surface area contributed by atoms with Crippen molar-refractivity contribution in [2.45, 2.75) is 13.0 Å². The minimum absolute atomic E-state index is 0.0635. The number of nitro benzene ring substituents is 1. The van der Waals surface area contributed by atoms with Crippen molar-refractivity contribution in [3.8, 4) is 0 Å². The summed E-state index contributed by atoms with van der Waals surface area (Å²) in [6.45, 7) is 1.79. The summed E-state index contributed by atoms with van der Waals surface area (Å²) in [5.41, 5.74) is 1.99. The first kappa shape index (κ1) is 17.9. The molecule has 0 aliphatic rings. The lowest BCUT2D eigenvalue weighted by Gasteiger charge is -2.16. The summed E-state index contributed by atoms with van der Waals surface area (Å²) in [4.78, 5) is 10.2. The van der Waals surface area contributed by atoms with Crippen LogP contribution in [0, 0.1) is 16.0 Å². The number of nitrogens with zero attached hydrogens (tertiary/aromatic N) is 1. The topological polar surface area (TPSA) is 84.6 Å². The van der Waals surface area contributed by atoms with Gasteiger partial charge in [-0.3, -0.25) is 10.1 Å². The van der Waals surface area contributed by atoms with Crippen LogP contribution in [0.5, 0.6) is 0 Å². The maximum absolute atomic E-state index is 10.6. The molecule has 0 heterocycles. The number of aliphatic hydroxyl groups excluding tert-OH is 1. The van der Waals surface area contributed by atoms with Crippen LogP contribution < -0.4 is 5.32 Å². The summed E-state index contributed by atoms with van der Waals surface area (Å²) in [6.07, 6.45) is 0.739. The zero-order valence-electron chi connectivity index (χ0n) is 13.4. The second kappa shape index (κ2) is 9.64. The number of anilines is 1. The Labute approximate surface area is 141 Å². The van der Waals surface area contributed by atoms with E-state index in [1.165, 1.54) is 12.1 Å². The highest BCUT2D eigenvalue weighted by Gasteiger charge is 2.09. The van der Waals surface area contributed by atoms with Gasteiger partial charge in [-0.2, -0.15) is 0 Å². The van der Waals surface area contributed by atoms with Crippen molar-refractivity contribution in [1.29, 1.82) is 0 Å². The van der Waals surface area contributed by atoms with Gasteiger partial charge in [0.1, 0.15) is 0 Å². The largest absolute Gasteiger partial charge is 0.396 e. The van der Waals surface area contributed by atoms with Crippen LogP contribution in [0.3, 0.4) is 0 Å². The molecule has 2 rings (SSSR count). The van der Waals surface area contributed by atoms with Crippen molar-refractivity contribution in [2.24, 2.45) is 5.92 Å². The molecule has 24 heavy (non-hydrogen) atoms. The zero-order valence-corrected chi connectivity index (χ0v) is 13.4. The van der Waals surface area contributed by atoms with E-state index in [2.05, 4.69) is 5.32 Å². The molecule has 6 nitrogen and oxygen atoms in total. The molecule has 0 fully saturated rings. The van der Waals surface area contributed by atoms with Gasteiger partial charge in [-0.25, -0.2) is 0 Å². The number of nitro groups is 1. The Balaban J connectivity index is 1.69. The minimum atomic E-state index is -0.426. The molecule has 6 heteroatoms. The van der Waals surface area contributed by atoms with Gasteiger partial charge < -0.3 is 15.2 Å². The number of hydrogen-bond donors (Lipinski definition) is 2. The highest BCUT2D eigenvalue weighted by Crippen LogP contribution is 2.16. The molecule has 0 aliphatic carbocycles. The Morgan fingerprint density at radius 2 is 1.83 bits per heavy atom. The van der Waals surface area contributed by atoms with E-state index in [0.29, 0.717) is 19.8 Å². The summed E-state index contributed by atoms with van der Waals surface area (Å²) in [5.74, 6) is 0.0657. The monoisotopic (exact) mass is 330 g/mol. The Kier molecular flexibility index (Phi) is 7.20. The molecule has 2 aromatic carbocycles. The SMILES string of the molecule is O=[N+]([O-])c1ccc(NC[C@@H](CO)CCOCc2ccccc2)cc1. The number of rotatable bonds is 10. The van der Waals surface area contributed by atoms with E-state index in [9.17, 15) is 15.2 Å². The van der Waals surface area contributed by atoms with Crippen molar-refractivity contribution in [3.63, 3.8) is 0 Å². The smallest absolute Gasteiger partial charge is 0.269 e. The normalized spacial score (nSPS) is 11.9. The first-order valence-electron chi connectivity index (χ1n) is 7.90. The third-order valence-electron chi connectivity index (χ3n) is 3.71. The predicted molar refractivity (Wildman–Crippen MR) is 92.9 cm³/mol. The maximum Gasteiger partial charge on any atom is 0.269 e. The minimum Gasteiger partial charge on any atom is -0.396 e. The lowest BCUT2D eigenvalue weighted by molar-refractivity contribution is -0.384. The average Bonchev–Trinajstić information content (AvgIpc) is 2.62. The Bertz CT molecular complexity index is 617. The predicted octanol–water partition coefficient (Wildman–Crippen LogP) is 3.22. The number of aliphatic hydroxyl groups is 1. The van der Waals surface area contributed by atoms with Crippen LogP contribution in [-0.4, -0.2) is 29.8 Å². The van der Waals surface area contributed by atoms with Crippen molar-refractivity contribution in [1.82, 2.24) is 0 Å². The molecular weight excluding hydrogens is 308 g/mol. The van der Waals surface area contributed by atoms with Gasteiger partial charge in [0.15, 0.2) is 0 Å². The fourth-order valence-corrected chi connectivity index (χ4v) is 2.24. The van der Waals surface area contributed by atoms with Crippen molar-refractivity contribution >= 4 is 11.4 Å². The second-order valence-corrected chi connectivity index (χ2v) is 5.56. The van der Waals surface area contributed by atoms with Gasteiger partial charge in [0.25, 0.3) is 5.69 Å². The standard InChI is InChI=1S/C18H22N2O4/c21-13-16(10-11-24-14-15-4-2-1-3-5-15)12-19-17-6-8-18(9-7-17)20(22)23/h1-9,16,19,21H,10-14H2/t16-/m0/s1. The Morgan fingerprint density at radius 1 is 1.12 bits per heavy atom. The van der Waals surface area contributed by atoms with Crippen molar-refractivity contribution < 1.29 is 14.8 Å². The summed E-state index contributed by atoms with van der Waals surface area (Å²) in [7, 11) is 0. The van der Waals surface area contributed by atoms with Gasteiger partial charge in [-0.05, 0) is 24.1 Å². The summed E-state index contributed by atoms with van der Waals surface area (Å²) < 4.78 is 5.63. The van der Waals surface area contributed by atoms with E-state index in [4.69, 9.17) is 4.74 Å². The highest BCUT2D eigenvalue weighted by molar-refractivity contribution is 5.48. The quantitative estimate of drug-likeness (QED) is 0.397. The third kappa shape index (κ3) is 5.98. The molecule has 2 aromatic rings. The molecule has 0 amide bonds. The van der Waals surface area contributed by atoms with Crippen LogP contribution in [0.25, 0.3) is 0 Å².